The number of amides is 2. The molecule has 0 aliphatic heterocycles. The minimum Gasteiger partial charge on any atom is -0.354 e. The number of hydrogen-bond acceptors (Lipinski definition) is 4. The molecule has 0 fully saturated rings. The largest absolute Gasteiger partial charge is 0.354 e. The number of hydrogen-bond donors (Lipinski definition) is 1. The molecule has 0 radical (unpaired) electrons. The summed E-state index contributed by atoms with van der Waals surface area (Å²) in [6.45, 7) is 9.81. The predicted octanol–water partition coefficient (Wildman–Crippen LogP) is 6.30. The van der Waals surface area contributed by atoms with Crippen molar-refractivity contribution in [2.75, 3.05) is 17.4 Å². The molecule has 0 aromatic heterocycles. The van der Waals surface area contributed by atoms with Crippen LogP contribution in [0.15, 0.2) is 77.7 Å². The molecule has 3 aromatic carbocycles. The second kappa shape index (κ2) is 14.5. The SMILES string of the molecule is CCCNC(=O)[C@H](CC)N(Cc1ccccc1Cl)C(=O)CN(c1ccc(C(C)C)cc1)S(=O)(=O)c1ccc(C)cc1. The van der Waals surface area contributed by atoms with Crippen molar-refractivity contribution in [3.05, 3.63) is 94.5 Å². The van der Waals surface area contributed by atoms with Crippen LogP contribution in [0.25, 0.3) is 0 Å². The Balaban J connectivity index is 2.07. The van der Waals surface area contributed by atoms with Crippen molar-refractivity contribution < 1.29 is 18.0 Å². The Bertz CT molecular complexity index is 1420. The molecule has 0 aliphatic rings. The molecule has 0 bridgehead atoms. The molecule has 2 amide bonds. The number of halogens is 1. The fourth-order valence-corrected chi connectivity index (χ4v) is 6.10. The Hall–Kier alpha value is -3.36. The second-order valence-corrected chi connectivity index (χ2v) is 12.7. The van der Waals surface area contributed by atoms with Crippen LogP contribution in [-0.2, 0) is 26.2 Å². The van der Waals surface area contributed by atoms with E-state index in [9.17, 15) is 18.0 Å². The molecule has 3 rings (SSSR count). The molecular weight excluding hydrogens is 558 g/mol. The number of rotatable bonds is 13. The van der Waals surface area contributed by atoms with Crippen LogP contribution < -0.4 is 9.62 Å². The van der Waals surface area contributed by atoms with Gasteiger partial charge in [-0.05, 0) is 67.1 Å². The summed E-state index contributed by atoms with van der Waals surface area (Å²) in [6, 6.07) is 20.0. The summed E-state index contributed by atoms with van der Waals surface area (Å²) in [5.41, 5.74) is 3.00. The molecule has 0 heterocycles. The van der Waals surface area contributed by atoms with Gasteiger partial charge in [0.05, 0.1) is 10.6 Å². The Kier molecular flexibility index (Phi) is 11.4. The molecule has 0 unspecified atom stereocenters. The van der Waals surface area contributed by atoms with Gasteiger partial charge in [-0.3, -0.25) is 13.9 Å². The zero-order valence-electron chi connectivity index (χ0n) is 24.4. The number of carbonyl (C=O) groups excluding carboxylic acids is 2. The Morgan fingerprint density at radius 1 is 0.927 bits per heavy atom. The average molecular weight is 598 g/mol. The van der Waals surface area contributed by atoms with Gasteiger partial charge in [0.2, 0.25) is 11.8 Å². The van der Waals surface area contributed by atoms with Crippen molar-refractivity contribution in [3.63, 3.8) is 0 Å². The Morgan fingerprint density at radius 2 is 1.56 bits per heavy atom. The standard InChI is InChI=1S/C32H40ClN3O4S/c1-6-20-34-32(38)30(7-2)35(21-26-10-8-9-11-29(26)33)31(37)22-36(27-16-14-25(15-17-27)23(3)4)41(39,40)28-18-12-24(5)13-19-28/h8-19,23,30H,6-7,20-22H2,1-5H3,(H,34,38)/t30-/m0/s1. The lowest BCUT2D eigenvalue weighted by Crippen LogP contribution is -2.52. The fraction of sp³-hybridized carbons (Fsp3) is 0.375. The number of aryl methyl sites for hydroxylation is 1. The van der Waals surface area contributed by atoms with Gasteiger partial charge in [-0.15, -0.1) is 0 Å². The highest BCUT2D eigenvalue weighted by atomic mass is 35.5. The fourth-order valence-electron chi connectivity index (χ4n) is 4.49. The van der Waals surface area contributed by atoms with Crippen LogP contribution in [0.3, 0.4) is 0 Å². The zero-order valence-corrected chi connectivity index (χ0v) is 26.0. The summed E-state index contributed by atoms with van der Waals surface area (Å²) < 4.78 is 29.1. The lowest BCUT2D eigenvalue weighted by molar-refractivity contribution is -0.140. The molecule has 7 nitrogen and oxygen atoms in total. The molecule has 0 spiro atoms. The maximum Gasteiger partial charge on any atom is 0.264 e. The first-order chi connectivity index (χ1) is 19.5. The van der Waals surface area contributed by atoms with Crippen LogP contribution in [0.4, 0.5) is 5.69 Å². The monoisotopic (exact) mass is 597 g/mol. The van der Waals surface area contributed by atoms with Crippen LogP contribution in [0, 0.1) is 6.92 Å². The molecule has 220 valence electrons. The molecule has 1 atom stereocenters. The highest BCUT2D eigenvalue weighted by Crippen LogP contribution is 2.27. The van der Waals surface area contributed by atoms with E-state index in [0.29, 0.717) is 29.2 Å². The quantitative estimate of drug-likeness (QED) is 0.250. The summed E-state index contributed by atoms with van der Waals surface area (Å²) >= 11 is 6.45. The smallest absolute Gasteiger partial charge is 0.264 e. The van der Waals surface area contributed by atoms with E-state index in [4.69, 9.17) is 11.6 Å². The van der Waals surface area contributed by atoms with E-state index in [0.717, 1.165) is 21.9 Å². The van der Waals surface area contributed by atoms with Crippen molar-refractivity contribution in [1.82, 2.24) is 10.2 Å². The van der Waals surface area contributed by atoms with Gasteiger partial charge in [0.25, 0.3) is 10.0 Å². The third-order valence-electron chi connectivity index (χ3n) is 6.97. The first kappa shape index (κ1) is 32.2. The number of anilines is 1. The molecule has 3 aromatic rings. The predicted molar refractivity (Wildman–Crippen MR) is 166 cm³/mol. The normalized spacial score (nSPS) is 12.2. The highest BCUT2D eigenvalue weighted by molar-refractivity contribution is 7.92. The lowest BCUT2D eigenvalue weighted by atomic mass is 10.0. The van der Waals surface area contributed by atoms with Gasteiger partial charge >= 0.3 is 0 Å². The van der Waals surface area contributed by atoms with E-state index in [1.165, 1.54) is 4.90 Å². The zero-order chi connectivity index (χ0) is 30.2. The first-order valence-electron chi connectivity index (χ1n) is 14.0. The maximum absolute atomic E-state index is 14.1. The van der Waals surface area contributed by atoms with Crippen LogP contribution in [-0.4, -0.2) is 44.3 Å². The van der Waals surface area contributed by atoms with Gasteiger partial charge in [-0.1, -0.05) is 87.3 Å². The van der Waals surface area contributed by atoms with E-state index in [2.05, 4.69) is 19.2 Å². The Labute approximate surface area is 249 Å². The molecule has 0 saturated heterocycles. The van der Waals surface area contributed by atoms with E-state index in [-0.39, 0.29) is 23.3 Å². The van der Waals surface area contributed by atoms with Gasteiger partial charge in [0.15, 0.2) is 0 Å². The number of nitrogens with one attached hydrogen (secondary N) is 1. The highest BCUT2D eigenvalue weighted by Gasteiger charge is 2.34. The molecular formula is C32H40ClN3O4S. The third kappa shape index (κ3) is 8.11. The molecule has 41 heavy (non-hydrogen) atoms. The molecule has 0 saturated carbocycles. The first-order valence-corrected chi connectivity index (χ1v) is 15.8. The van der Waals surface area contributed by atoms with Gasteiger partial charge in [0, 0.05) is 18.1 Å². The van der Waals surface area contributed by atoms with Crippen LogP contribution in [0.1, 0.15) is 63.1 Å². The van der Waals surface area contributed by atoms with E-state index < -0.39 is 28.5 Å². The van der Waals surface area contributed by atoms with Gasteiger partial charge in [0.1, 0.15) is 12.6 Å². The number of carbonyl (C=O) groups is 2. The second-order valence-electron chi connectivity index (χ2n) is 10.4. The maximum atomic E-state index is 14.1. The van der Waals surface area contributed by atoms with Gasteiger partial charge in [-0.25, -0.2) is 8.42 Å². The van der Waals surface area contributed by atoms with Crippen molar-refractivity contribution >= 4 is 39.1 Å². The minimum atomic E-state index is -4.12. The third-order valence-corrected chi connectivity index (χ3v) is 9.13. The van der Waals surface area contributed by atoms with Crippen molar-refractivity contribution in [1.29, 1.82) is 0 Å². The summed E-state index contributed by atoms with van der Waals surface area (Å²) in [6.07, 6.45) is 1.09. The van der Waals surface area contributed by atoms with Crippen LogP contribution >= 0.6 is 11.6 Å². The summed E-state index contributed by atoms with van der Waals surface area (Å²) in [4.78, 5) is 28.8. The van der Waals surface area contributed by atoms with Crippen molar-refractivity contribution in [2.45, 2.75) is 70.9 Å². The van der Waals surface area contributed by atoms with Gasteiger partial charge in [-0.2, -0.15) is 0 Å². The minimum absolute atomic E-state index is 0.0568. The van der Waals surface area contributed by atoms with Crippen LogP contribution in [0.2, 0.25) is 5.02 Å². The van der Waals surface area contributed by atoms with Gasteiger partial charge < -0.3 is 10.2 Å². The number of benzene rings is 3. The summed E-state index contributed by atoms with van der Waals surface area (Å²) in [5.74, 6) is -0.540. The molecule has 0 aliphatic carbocycles. The van der Waals surface area contributed by atoms with E-state index >= 15 is 0 Å². The number of sulfonamides is 1. The average Bonchev–Trinajstić information content (AvgIpc) is 2.95. The van der Waals surface area contributed by atoms with Crippen molar-refractivity contribution in [3.8, 4) is 0 Å². The summed E-state index contributed by atoms with van der Waals surface area (Å²) in [5, 5.41) is 3.35. The van der Waals surface area contributed by atoms with Crippen LogP contribution in [0.5, 0.6) is 0 Å². The summed E-state index contributed by atoms with van der Waals surface area (Å²) in [7, 11) is -4.12. The topological polar surface area (TPSA) is 86.8 Å². The van der Waals surface area contributed by atoms with Crippen molar-refractivity contribution in [2.24, 2.45) is 0 Å². The number of nitrogens with zero attached hydrogens (tertiary/aromatic N) is 2. The van der Waals surface area contributed by atoms with E-state index in [1.54, 1.807) is 54.6 Å². The Morgan fingerprint density at radius 3 is 2.12 bits per heavy atom. The lowest BCUT2D eigenvalue weighted by Gasteiger charge is -2.33. The van der Waals surface area contributed by atoms with E-state index in [1.807, 2.05) is 39.0 Å². The molecule has 9 heteroatoms. The molecule has 1 N–H and O–H groups in total.